The van der Waals surface area contributed by atoms with Crippen molar-refractivity contribution in [2.75, 3.05) is 6.79 Å². The van der Waals surface area contributed by atoms with E-state index >= 15 is 0 Å². The molecule has 146 valence electrons. The number of hydrogen-bond donors (Lipinski definition) is 0. The number of halogens is 1. The SMILES string of the molecule is Cc1nc(S(=O)(=O)Cc2cc(Cl)c3c(c2)OCO3)n(C2CCCCC2)c1C. The van der Waals surface area contributed by atoms with Gasteiger partial charge in [0.15, 0.2) is 11.5 Å². The lowest BCUT2D eigenvalue weighted by Crippen LogP contribution is -2.20. The van der Waals surface area contributed by atoms with Gasteiger partial charge in [0.25, 0.3) is 0 Å². The molecule has 1 aliphatic carbocycles. The van der Waals surface area contributed by atoms with E-state index in [1.165, 1.54) is 6.42 Å². The summed E-state index contributed by atoms with van der Waals surface area (Å²) in [5, 5.41) is 0.524. The number of rotatable bonds is 4. The highest BCUT2D eigenvalue weighted by molar-refractivity contribution is 7.90. The second-order valence-corrected chi connectivity index (χ2v) is 9.59. The molecule has 0 radical (unpaired) electrons. The highest BCUT2D eigenvalue weighted by Crippen LogP contribution is 2.40. The van der Waals surface area contributed by atoms with Crippen molar-refractivity contribution in [3.8, 4) is 11.5 Å². The third kappa shape index (κ3) is 3.43. The largest absolute Gasteiger partial charge is 0.454 e. The maximum Gasteiger partial charge on any atom is 0.231 e. The van der Waals surface area contributed by atoms with Crippen molar-refractivity contribution in [2.45, 2.75) is 62.9 Å². The normalized spacial score (nSPS) is 17.4. The van der Waals surface area contributed by atoms with Crippen LogP contribution in [0.3, 0.4) is 0 Å². The first-order valence-electron chi connectivity index (χ1n) is 9.23. The van der Waals surface area contributed by atoms with Gasteiger partial charge in [-0.05, 0) is 44.4 Å². The van der Waals surface area contributed by atoms with E-state index in [-0.39, 0.29) is 23.7 Å². The molecule has 1 aromatic heterocycles. The molecule has 2 aromatic rings. The van der Waals surface area contributed by atoms with Gasteiger partial charge in [0.1, 0.15) is 0 Å². The molecule has 0 bridgehead atoms. The number of aromatic nitrogens is 2. The molecule has 1 fully saturated rings. The van der Waals surface area contributed by atoms with Crippen LogP contribution in [0.25, 0.3) is 0 Å². The molecule has 1 aromatic carbocycles. The first-order chi connectivity index (χ1) is 12.9. The lowest BCUT2D eigenvalue weighted by molar-refractivity contribution is 0.174. The van der Waals surface area contributed by atoms with Crippen molar-refractivity contribution in [1.29, 1.82) is 0 Å². The van der Waals surface area contributed by atoms with Gasteiger partial charge in [-0.15, -0.1) is 0 Å². The molecular formula is C19H23ClN2O4S. The van der Waals surface area contributed by atoms with Gasteiger partial charge in [-0.2, -0.15) is 0 Å². The van der Waals surface area contributed by atoms with Crippen LogP contribution in [0.4, 0.5) is 0 Å². The van der Waals surface area contributed by atoms with E-state index in [0.29, 0.717) is 22.1 Å². The van der Waals surface area contributed by atoms with Crippen molar-refractivity contribution in [1.82, 2.24) is 9.55 Å². The molecular weight excluding hydrogens is 388 g/mol. The molecule has 0 saturated heterocycles. The van der Waals surface area contributed by atoms with Crippen molar-refractivity contribution in [3.05, 3.63) is 34.1 Å². The van der Waals surface area contributed by atoms with Crippen molar-refractivity contribution in [2.24, 2.45) is 0 Å². The maximum atomic E-state index is 13.2. The molecule has 0 atom stereocenters. The van der Waals surface area contributed by atoms with Crippen LogP contribution in [0.1, 0.15) is 55.1 Å². The van der Waals surface area contributed by atoms with Crippen LogP contribution in [-0.4, -0.2) is 24.8 Å². The van der Waals surface area contributed by atoms with E-state index in [2.05, 4.69) is 4.98 Å². The molecule has 8 heteroatoms. The van der Waals surface area contributed by atoms with Gasteiger partial charge in [0.05, 0.1) is 16.5 Å². The van der Waals surface area contributed by atoms with Gasteiger partial charge >= 0.3 is 0 Å². The molecule has 0 unspecified atom stereocenters. The summed E-state index contributed by atoms with van der Waals surface area (Å²) in [5.41, 5.74) is 2.27. The van der Waals surface area contributed by atoms with Gasteiger partial charge < -0.3 is 14.0 Å². The molecule has 1 saturated carbocycles. The highest BCUT2D eigenvalue weighted by atomic mass is 35.5. The first kappa shape index (κ1) is 18.6. The highest BCUT2D eigenvalue weighted by Gasteiger charge is 2.30. The van der Waals surface area contributed by atoms with Crippen LogP contribution in [0.5, 0.6) is 11.5 Å². The third-order valence-electron chi connectivity index (χ3n) is 5.42. The van der Waals surface area contributed by atoms with Crippen molar-refractivity contribution in [3.63, 3.8) is 0 Å². The van der Waals surface area contributed by atoms with Crippen LogP contribution < -0.4 is 9.47 Å². The van der Waals surface area contributed by atoms with E-state index in [1.54, 1.807) is 12.1 Å². The van der Waals surface area contributed by atoms with Crippen LogP contribution in [0.2, 0.25) is 5.02 Å². The van der Waals surface area contributed by atoms with Gasteiger partial charge in [0, 0.05) is 11.7 Å². The number of fused-ring (bicyclic) bond motifs is 1. The Kier molecular flexibility index (Phi) is 4.84. The standard InChI is InChI=1S/C19H23ClN2O4S/c1-12-13(2)22(15-6-4-3-5-7-15)19(21-12)27(23,24)10-14-8-16(20)18-17(9-14)25-11-26-18/h8-9,15H,3-7,10-11H2,1-2H3. The Hall–Kier alpha value is -1.73. The number of benzene rings is 1. The Morgan fingerprint density at radius 1 is 1.19 bits per heavy atom. The quantitative estimate of drug-likeness (QED) is 0.748. The van der Waals surface area contributed by atoms with Crippen LogP contribution in [-0.2, 0) is 15.6 Å². The second-order valence-electron chi connectivity index (χ2n) is 7.30. The summed E-state index contributed by atoms with van der Waals surface area (Å²) in [6, 6.07) is 3.50. The predicted octanol–water partition coefficient (Wildman–Crippen LogP) is 4.36. The number of ether oxygens (including phenoxy) is 2. The minimum absolute atomic E-state index is 0.0930. The summed E-state index contributed by atoms with van der Waals surface area (Å²) in [4.78, 5) is 4.43. The Morgan fingerprint density at radius 2 is 1.93 bits per heavy atom. The van der Waals surface area contributed by atoms with Crippen molar-refractivity contribution >= 4 is 21.4 Å². The molecule has 6 nitrogen and oxygen atoms in total. The zero-order chi connectivity index (χ0) is 19.2. The molecule has 0 N–H and O–H groups in total. The van der Waals surface area contributed by atoms with Crippen LogP contribution >= 0.6 is 11.6 Å². The Morgan fingerprint density at radius 3 is 2.67 bits per heavy atom. The smallest absolute Gasteiger partial charge is 0.231 e. The summed E-state index contributed by atoms with van der Waals surface area (Å²) in [5.74, 6) is 0.773. The Bertz CT molecular complexity index is 978. The summed E-state index contributed by atoms with van der Waals surface area (Å²) >= 11 is 6.21. The minimum Gasteiger partial charge on any atom is -0.454 e. The third-order valence-corrected chi connectivity index (χ3v) is 7.25. The molecule has 4 rings (SSSR count). The fraction of sp³-hybridized carbons (Fsp3) is 0.526. The lowest BCUT2D eigenvalue weighted by Gasteiger charge is -2.26. The second kappa shape index (κ2) is 7.02. The fourth-order valence-corrected chi connectivity index (χ4v) is 5.86. The molecule has 27 heavy (non-hydrogen) atoms. The molecule has 2 aliphatic rings. The summed E-state index contributed by atoms with van der Waals surface area (Å²) < 4.78 is 39.1. The Balaban J connectivity index is 1.70. The van der Waals surface area contributed by atoms with Gasteiger partial charge in [-0.3, -0.25) is 0 Å². The molecule has 2 heterocycles. The maximum absolute atomic E-state index is 13.2. The number of nitrogens with zero attached hydrogens (tertiary/aromatic N) is 2. The average Bonchev–Trinajstić information content (AvgIpc) is 3.21. The average molecular weight is 411 g/mol. The number of sulfone groups is 1. The van der Waals surface area contributed by atoms with E-state index in [1.807, 2.05) is 18.4 Å². The molecule has 0 amide bonds. The lowest BCUT2D eigenvalue weighted by atomic mass is 9.95. The summed E-state index contributed by atoms with van der Waals surface area (Å²) in [6.07, 6.45) is 5.45. The van der Waals surface area contributed by atoms with Gasteiger partial charge in [-0.25, -0.2) is 13.4 Å². The zero-order valence-corrected chi connectivity index (χ0v) is 17.1. The number of hydrogen-bond acceptors (Lipinski definition) is 5. The first-order valence-corrected chi connectivity index (χ1v) is 11.3. The van der Waals surface area contributed by atoms with Crippen LogP contribution in [0, 0.1) is 13.8 Å². The van der Waals surface area contributed by atoms with E-state index in [0.717, 1.165) is 37.1 Å². The van der Waals surface area contributed by atoms with Gasteiger partial charge in [-0.1, -0.05) is 30.9 Å². The van der Waals surface area contributed by atoms with Crippen LogP contribution in [0.15, 0.2) is 17.3 Å². The summed E-state index contributed by atoms with van der Waals surface area (Å²) in [6.45, 7) is 3.91. The van der Waals surface area contributed by atoms with Gasteiger partial charge in [0.2, 0.25) is 21.8 Å². The molecule has 1 aliphatic heterocycles. The van der Waals surface area contributed by atoms with Crippen molar-refractivity contribution < 1.29 is 17.9 Å². The Labute approximate surface area is 164 Å². The number of imidazole rings is 1. The zero-order valence-electron chi connectivity index (χ0n) is 15.5. The van der Waals surface area contributed by atoms with E-state index < -0.39 is 9.84 Å². The minimum atomic E-state index is -3.63. The van der Waals surface area contributed by atoms with E-state index in [4.69, 9.17) is 21.1 Å². The molecule has 0 spiro atoms. The van der Waals surface area contributed by atoms with E-state index in [9.17, 15) is 8.42 Å². The number of aryl methyl sites for hydroxylation is 1. The topological polar surface area (TPSA) is 70.4 Å². The predicted molar refractivity (Wildman–Crippen MR) is 102 cm³/mol. The monoisotopic (exact) mass is 410 g/mol. The summed E-state index contributed by atoms with van der Waals surface area (Å²) in [7, 11) is -3.63. The fourth-order valence-electron chi connectivity index (χ4n) is 3.97.